The molecule has 4 aliphatic rings. The standard InChI is InChI=1S/C50H60N4O13/c1-22-12-10-13-23(2)49(63)52-40-45(61)36-35(39-47(40)66-34-19-30(18-32(56)38(34)51-39)53-20-29-14-11-16-54(28(7)55)31(29)21-53)37-46(27(6)44(36)60)67-50(8,48(37)62)65-17-15-33(64-9)24(3)42(58)26(5)43(59)25(4)41(22)57/h10,12-13,15,17-19,22,24-26,29,31,33,41-43,57-60,62H,11,14,16,20-21H2,1-9H3,(H,52,63)/b12-10+,17-15+,23-13-/t22-,24+,25+,26-,29+,31-,33-,41-,42+,43+,50-/m0/s1. The minimum Gasteiger partial charge on any atom is -0.507 e. The SMILES string of the molecule is CO[C@H]1/C=C/O[C@@]2(C)Oc3c(C)c(O)c4c(=O)c(c5oc6cc(N7C[C@H]8CCCN(C(C)=O)[C@H]8C7)cc(=O)c6nc5c4c3=C2O)NC(=O)/C(C)=C\C=C\[C@H](C)[C@H](O)[C@@H](C)[C@@H](O)[C@@H](C)[C@H](O)[C@@H]1C. The molecule has 4 aromatic rings. The first kappa shape index (κ1) is 47.5. The summed E-state index contributed by atoms with van der Waals surface area (Å²) < 4.78 is 24.6. The summed E-state index contributed by atoms with van der Waals surface area (Å²) in [7, 11) is 1.44. The molecule has 358 valence electrons. The van der Waals surface area contributed by atoms with Crippen molar-refractivity contribution in [1.29, 1.82) is 0 Å². The summed E-state index contributed by atoms with van der Waals surface area (Å²) in [5.41, 5.74) is -1.64. The van der Waals surface area contributed by atoms with Crippen LogP contribution in [0.5, 0.6) is 11.5 Å². The van der Waals surface area contributed by atoms with E-state index in [1.54, 1.807) is 52.8 Å². The summed E-state index contributed by atoms with van der Waals surface area (Å²) in [5, 5.41) is 60.3. The molecule has 2 saturated heterocycles. The van der Waals surface area contributed by atoms with Gasteiger partial charge in [0, 0.05) is 98.6 Å². The van der Waals surface area contributed by atoms with Gasteiger partial charge in [-0.2, -0.15) is 0 Å². The Kier molecular flexibility index (Phi) is 12.7. The number of ether oxygens (including phenoxy) is 3. The fraction of sp³-hybridized carbons (Fsp3) is 0.500. The monoisotopic (exact) mass is 924 g/mol. The van der Waals surface area contributed by atoms with Crippen LogP contribution in [0.15, 0.2) is 62.3 Å². The Hall–Kier alpha value is -6.01. The molecule has 0 spiro atoms. The Morgan fingerprint density at radius 1 is 0.940 bits per heavy atom. The number of amides is 2. The Morgan fingerprint density at radius 3 is 2.34 bits per heavy atom. The van der Waals surface area contributed by atoms with E-state index < -0.39 is 87.8 Å². The summed E-state index contributed by atoms with van der Waals surface area (Å²) in [5.74, 6) is -6.15. The van der Waals surface area contributed by atoms with Gasteiger partial charge in [0.15, 0.2) is 22.4 Å². The molecule has 67 heavy (non-hydrogen) atoms. The number of hydrogen-bond acceptors (Lipinski definition) is 15. The first-order chi connectivity index (χ1) is 31.7. The van der Waals surface area contributed by atoms with Crippen molar-refractivity contribution in [2.45, 2.75) is 104 Å². The van der Waals surface area contributed by atoms with E-state index in [1.807, 2.05) is 9.80 Å². The number of rotatable bonds is 2. The van der Waals surface area contributed by atoms with Gasteiger partial charge in [0.2, 0.25) is 16.8 Å². The number of nitrogens with one attached hydrogen (secondary N) is 1. The minimum atomic E-state index is -1.97. The van der Waals surface area contributed by atoms with Crippen LogP contribution in [0.3, 0.4) is 0 Å². The maximum atomic E-state index is 14.9. The van der Waals surface area contributed by atoms with Crippen LogP contribution in [0.4, 0.5) is 11.4 Å². The molecule has 0 unspecified atom stereocenters. The summed E-state index contributed by atoms with van der Waals surface area (Å²) in [4.78, 5) is 64.3. The van der Waals surface area contributed by atoms with E-state index in [2.05, 4.69) is 5.32 Å². The summed E-state index contributed by atoms with van der Waals surface area (Å²) in [6.07, 6.45) is 5.19. The third-order valence-corrected chi connectivity index (χ3v) is 14.7. The molecule has 4 bridgehead atoms. The molecular formula is C50H60N4O13. The highest BCUT2D eigenvalue weighted by Gasteiger charge is 2.44. The van der Waals surface area contributed by atoms with Crippen LogP contribution in [0, 0.1) is 36.5 Å². The number of likely N-dealkylation sites (tertiary alicyclic amines) is 1. The number of hydrogen-bond donors (Lipinski definition) is 6. The third kappa shape index (κ3) is 8.08. The molecule has 17 heteroatoms. The average molecular weight is 925 g/mol. The Morgan fingerprint density at radius 2 is 1.64 bits per heavy atom. The van der Waals surface area contributed by atoms with Crippen LogP contribution in [0.1, 0.15) is 66.9 Å². The van der Waals surface area contributed by atoms with Crippen LogP contribution in [0.2, 0.25) is 0 Å². The molecule has 0 aliphatic carbocycles. The number of phenols is 1. The van der Waals surface area contributed by atoms with E-state index in [-0.39, 0.29) is 72.9 Å². The van der Waals surface area contributed by atoms with E-state index in [0.717, 1.165) is 12.8 Å². The quantitative estimate of drug-likeness (QED) is 0.120. The number of anilines is 2. The lowest BCUT2D eigenvalue weighted by molar-refractivity contribution is -0.133. The van der Waals surface area contributed by atoms with Crippen LogP contribution in [0.25, 0.3) is 38.7 Å². The van der Waals surface area contributed by atoms with Crippen molar-refractivity contribution in [3.8, 4) is 11.5 Å². The molecule has 5 heterocycles. The zero-order valence-electron chi connectivity index (χ0n) is 39.2. The van der Waals surface area contributed by atoms with Crippen molar-refractivity contribution < 1.29 is 53.7 Å². The summed E-state index contributed by atoms with van der Waals surface area (Å²) in [6, 6.07) is 3.05. The van der Waals surface area contributed by atoms with Gasteiger partial charge in [0.25, 0.3) is 5.91 Å². The first-order valence-corrected chi connectivity index (χ1v) is 22.9. The molecule has 2 amide bonds. The Balaban J connectivity index is 1.34. The zero-order valence-corrected chi connectivity index (χ0v) is 39.2. The highest BCUT2D eigenvalue weighted by atomic mass is 16.7. The maximum absolute atomic E-state index is 14.9. The van der Waals surface area contributed by atoms with Crippen molar-refractivity contribution in [1.82, 2.24) is 9.88 Å². The average Bonchev–Trinajstić information content (AvgIpc) is 3.86. The maximum Gasteiger partial charge on any atom is 0.307 e. The van der Waals surface area contributed by atoms with Gasteiger partial charge in [-0.1, -0.05) is 45.9 Å². The van der Waals surface area contributed by atoms with E-state index in [0.29, 0.717) is 25.3 Å². The second kappa shape index (κ2) is 17.9. The number of phenolic OH excluding ortho intramolecular Hbond substituents is 1. The number of carbonyl (C=O) groups excluding carboxylic acids is 2. The largest absolute Gasteiger partial charge is 0.507 e. The molecule has 8 rings (SSSR count). The predicted molar refractivity (Wildman–Crippen MR) is 252 cm³/mol. The van der Waals surface area contributed by atoms with Gasteiger partial charge in [0.05, 0.1) is 47.3 Å². The summed E-state index contributed by atoms with van der Waals surface area (Å²) in [6.45, 7) is 14.6. The number of fused-ring (bicyclic) bond motifs is 3. The smallest absolute Gasteiger partial charge is 0.307 e. The van der Waals surface area contributed by atoms with E-state index in [1.165, 1.54) is 52.4 Å². The number of methoxy groups -OCH3 is 1. The molecule has 17 nitrogen and oxygen atoms in total. The number of aliphatic hydroxyl groups is 4. The number of aromatic nitrogens is 1. The second-order valence-electron chi connectivity index (χ2n) is 19.0. The van der Waals surface area contributed by atoms with Gasteiger partial charge in [0.1, 0.15) is 22.7 Å². The van der Waals surface area contributed by atoms with Gasteiger partial charge >= 0.3 is 5.79 Å². The second-order valence-corrected chi connectivity index (χ2v) is 19.0. The number of aromatic hydroxyl groups is 1. The third-order valence-electron chi connectivity index (χ3n) is 14.7. The zero-order chi connectivity index (χ0) is 48.5. The van der Waals surface area contributed by atoms with Crippen molar-refractivity contribution in [3.05, 3.63) is 79.5 Å². The van der Waals surface area contributed by atoms with E-state index in [4.69, 9.17) is 23.6 Å². The van der Waals surface area contributed by atoms with E-state index in [9.17, 15) is 44.7 Å². The fourth-order valence-electron chi connectivity index (χ4n) is 10.5. The molecule has 3 aromatic carbocycles. The number of carbonyl (C=O) groups is 2. The number of benzene rings is 3. The van der Waals surface area contributed by atoms with Gasteiger partial charge in [-0.05, 0) is 38.7 Å². The molecule has 0 saturated carbocycles. The number of aliphatic hydroxyl groups excluding tert-OH is 4. The lowest BCUT2D eigenvalue weighted by Gasteiger charge is -2.36. The van der Waals surface area contributed by atoms with Crippen LogP contribution in [-0.4, -0.2) is 110 Å². The summed E-state index contributed by atoms with van der Waals surface area (Å²) >= 11 is 0. The number of piperidine rings is 1. The van der Waals surface area contributed by atoms with Crippen LogP contribution in [-0.2, 0) is 19.1 Å². The van der Waals surface area contributed by atoms with Crippen molar-refractivity contribution in [2.75, 3.05) is 37.0 Å². The van der Waals surface area contributed by atoms with Gasteiger partial charge < -0.3 is 59.3 Å². The Bertz CT molecular complexity index is 2950. The highest BCUT2D eigenvalue weighted by molar-refractivity contribution is 6.16. The fourth-order valence-corrected chi connectivity index (χ4v) is 10.5. The number of nitrogens with zero attached hydrogens (tertiary/aromatic N) is 3. The molecule has 2 fully saturated rings. The highest BCUT2D eigenvalue weighted by Crippen LogP contribution is 2.43. The predicted octanol–water partition coefficient (Wildman–Crippen LogP) is 4.44. The normalized spacial score (nSPS) is 32.5. The molecular weight excluding hydrogens is 865 g/mol. The molecule has 4 aliphatic heterocycles. The van der Waals surface area contributed by atoms with Gasteiger partial charge in [-0.15, -0.1) is 0 Å². The van der Waals surface area contributed by atoms with Gasteiger partial charge in [-0.3, -0.25) is 19.2 Å². The van der Waals surface area contributed by atoms with Crippen molar-refractivity contribution in [3.63, 3.8) is 0 Å². The molecule has 1 aromatic heterocycles. The van der Waals surface area contributed by atoms with Crippen LogP contribution >= 0.6 is 0 Å². The minimum absolute atomic E-state index is 0.00466. The molecule has 6 N–H and O–H groups in total. The molecule has 0 radical (unpaired) electrons. The lowest BCUT2D eigenvalue weighted by Crippen LogP contribution is -2.47. The Labute approximate surface area is 386 Å². The van der Waals surface area contributed by atoms with Gasteiger partial charge in [-0.25, -0.2) is 4.98 Å². The van der Waals surface area contributed by atoms with Crippen LogP contribution < -0.4 is 31.0 Å². The topological polar surface area (TPSA) is 242 Å². The van der Waals surface area contributed by atoms with E-state index >= 15 is 0 Å². The first-order valence-electron chi connectivity index (χ1n) is 22.9. The number of allylic oxidation sites excluding steroid dienone is 2. The molecule has 11 atom stereocenters. The lowest BCUT2D eigenvalue weighted by atomic mass is 9.78. The van der Waals surface area contributed by atoms with Crippen molar-refractivity contribution >= 4 is 61.9 Å². The van der Waals surface area contributed by atoms with Crippen molar-refractivity contribution in [2.24, 2.45) is 29.6 Å².